The molecule has 0 aliphatic rings. The molecule has 4 N–H and O–H groups in total. The topological polar surface area (TPSA) is 83.8 Å². The van der Waals surface area contributed by atoms with Crippen molar-refractivity contribution in [2.45, 2.75) is 0 Å². The van der Waals surface area contributed by atoms with Crippen molar-refractivity contribution in [2.24, 2.45) is 0 Å². The Bertz CT molecular complexity index is 797. The van der Waals surface area contributed by atoms with Gasteiger partial charge in [0, 0.05) is 17.3 Å². The fourth-order valence-corrected chi connectivity index (χ4v) is 2.15. The SMILES string of the molecule is Nc1cccc2cc(C(=O)Nc3ccnc(Cl)c3)[nH]c12. The molecule has 3 rings (SSSR count). The van der Waals surface area contributed by atoms with Crippen LogP contribution in [0.15, 0.2) is 42.6 Å². The van der Waals surface area contributed by atoms with E-state index in [-0.39, 0.29) is 5.91 Å². The normalized spacial score (nSPS) is 10.7. The molecule has 20 heavy (non-hydrogen) atoms. The maximum absolute atomic E-state index is 12.2. The molecule has 1 aromatic carbocycles. The van der Waals surface area contributed by atoms with Gasteiger partial charge in [0.15, 0.2) is 0 Å². The van der Waals surface area contributed by atoms with Crippen molar-refractivity contribution in [2.75, 3.05) is 11.1 Å². The highest BCUT2D eigenvalue weighted by Crippen LogP contribution is 2.22. The van der Waals surface area contributed by atoms with Gasteiger partial charge in [-0.1, -0.05) is 23.7 Å². The van der Waals surface area contributed by atoms with Gasteiger partial charge in [-0.25, -0.2) is 4.98 Å². The number of H-pyrrole nitrogens is 1. The number of pyridine rings is 1. The van der Waals surface area contributed by atoms with E-state index < -0.39 is 0 Å². The number of fused-ring (bicyclic) bond motifs is 1. The van der Waals surface area contributed by atoms with E-state index >= 15 is 0 Å². The van der Waals surface area contributed by atoms with E-state index in [2.05, 4.69) is 15.3 Å². The highest BCUT2D eigenvalue weighted by molar-refractivity contribution is 6.29. The fourth-order valence-electron chi connectivity index (χ4n) is 1.98. The van der Waals surface area contributed by atoms with Crippen molar-refractivity contribution in [3.05, 3.63) is 53.4 Å². The monoisotopic (exact) mass is 286 g/mol. The van der Waals surface area contributed by atoms with Gasteiger partial charge in [0.25, 0.3) is 5.91 Å². The van der Waals surface area contributed by atoms with Crippen LogP contribution in [0, 0.1) is 0 Å². The van der Waals surface area contributed by atoms with E-state index in [1.54, 1.807) is 24.3 Å². The summed E-state index contributed by atoms with van der Waals surface area (Å²) < 4.78 is 0. The molecule has 3 aromatic rings. The average molecular weight is 287 g/mol. The van der Waals surface area contributed by atoms with E-state index in [0.717, 1.165) is 10.9 Å². The molecular weight excluding hydrogens is 276 g/mol. The van der Waals surface area contributed by atoms with Crippen LogP contribution < -0.4 is 11.1 Å². The number of nitrogen functional groups attached to an aromatic ring is 1. The number of aromatic amines is 1. The summed E-state index contributed by atoms with van der Waals surface area (Å²) in [6.07, 6.45) is 1.53. The molecule has 1 amide bonds. The number of nitrogens with one attached hydrogen (secondary N) is 2. The van der Waals surface area contributed by atoms with E-state index in [0.29, 0.717) is 22.2 Å². The van der Waals surface area contributed by atoms with Crippen LogP contribution in [0.5, 0.6) is 0 Å². The second-order valence-electron chi connectivity index (χ2n) is 4.32. The lowest BCUT2D eigenvalue weighted by atomic mass is 10.2. The van der Waals surface area contributed by atoms with Crippen LogP contribution in [0.1, 0.15) is 10.5 Å². The second-order valence-corrected chi connectivity index (χ2v) is 4.70. The predicted molar refractivity (Wildman–Crippen MR) is 79.9 cm³/mol. The number of amides is 1. The first-order chi connectivity index (χ1) is 9.63. The number of hydrogen-bond donors (Lipinski definition) is 3. The van der Waals surface area contributed by atoms with Gasteiger partial charge in [0.2, 0.25) is 0 Å². The molecule has 2 heterocycles. The minimum atomic E-state index is -0.261. The second kappa shape index (κ2) is 4.86. The summed E-state index contributed by atoms with van der Waals surface area (Å²) in [6.45, 7) is 0. The summed E-state index contributed by atoms with van der Waals surface area (Å²) in [6, 6.07) is 10.5. The number of carbonyl (C=O) groups excluding carboxylic acids is 1. The molecule has 0 saturated carbocycles. The lowest BCUT2D eigenvalue weighted by Crippen LogP contribution is -2.12. The first-order valence-electron chi connectivity index (χ1n) is 5.93. The van der Waals surface area contributed by atoms with E-state index in [4.69, 9.17) is 17.3 Å². The lowest BCUT2D eigenvalue weighted by molar-refractivity contribution is 0.102. The number of carbonyl (C=O) groups is 1. The van der Waals surface area contributed by atoms with Crippen LogP contribution in [-0.4, -0.2) is 15.9 Å². The predicted octanol–water partition coefficient (Wildman–Crippen LogP) is 3.05. The quantitative estimate of drug-likeness (QED) is 0.500. The molecule has 0 spiro atoms. The molecule has 0 radical (unpaired) electrons. The lowest BCUT2D eigenvalue weighted by Gasteiger charge is -2.03. The van der Waals surface area contributed by atoms with Gasteiger partial charge in [0.05, 0.1) is 11.2 Å². The molecule has 2 aromatic heterocycles. The summed E-state index contributed by atoms with van der Waals surface area (Å²) >= 11 is 5.77. The van der Waals surface area contributed by atoms with Gasteiger partial charge in [-0.2, -0.15) is 0 Å². The molecule has 0 unspecified atom stereocenters. The molecule has 0 aliphatic carbocycles. The summed E-state index contributed by atoms with van der Waals surface area (Å²) in [5.41, 5.74) is 8.23. The molecule has 0 saturated heterocycles. The zero-order chi connectivity index (χ0) is 14.1. The Morgan fingerprint density at radius 3 is 2.90 bits per heavy atom. The molecule has 100 valence electrons. The molecule has 5 nitrogen and oxygen atoms in total. The molecule has 6 heteroatoms. The van der Waals surface area contributed by atoms with Crippen molar-refractivity contribution in [1.82, 2.24) is 9.97 Å². The number of nitrogens with zero attached hydrogens (tertiary/aromatic N) is 1. The van der Waals surface area contributed by atoms with E-state index in [1.165, 1.54) is 6.20 Å². The zero-order valence-corrected chi connectivity index (χ0v) is 11.1. The van der Waals surface area contributed by atoms with Crippen LogP contribution in [0.3, 0.4) is 0 Å². The number of para-hydroxylation sites is 1. The molecular formula is C14H11ClN4O. The zero-order valence-electron chi connectivity index (χ0n) is 10.4. The van der Waals surface area contributed by atoms with Crippen LogP contribution in [0.2, 0.25) is 5.15 Å². The maximum atomic E-state index is 12.2. The molecule has 0 atom stereocenters. The largest absolute Gasteiger partial charge is 0.397 e. The number of benzene rings is 1. The first kappa shape index (κ1) is 12.5. The number of hydrogen-bond acceptors (Lipinski definition) is 3. The van der Waals surface area contributed by atoms with Crippen LogP contribution in [-0.2, 0) is 0 Å². The van der Waals surface area contributed by atoms with Crippen molar-refractivity contribution >= 4 is 39.8 Å². The van der Waals surface area contributed by atoms with Crippen molar-refractivity contribution in [1.29, 1.82) is 0 Å². The minimum Gasteiger partial charge on any atom is -0.397 e. The Labute approximate surface area is 119 Å². The van der Waals surface area contributed by atoms with Crippen LogP contribution >= 0.6 is 11.6 Å². The van der Waals surface area contributed by atoms with Gasteiger partial charge >= 0.3 is 0 Å². The smallest absolute Gasteiger partial charge is 0.272 e. The summed E-state index contributed by atoms with van der Waals surface area (Å²) in [5, 5.41) is 3.96. The summed E-state index contributed by atoms with van der Waals surface area (Å²) in [5.74, 6) is -0.261. The van der Waals surface area contributed by atoms with Gasteiger partial charge in [-0.05, 0) is 24.3 Å². The number of halogens is 1. The minimum absolute atomic E-state index is 0.261. The van der Waals surface area contributed by atoms with E-state index in [1.807, 2.05) is 12.1 Å². The van der Waals surface area contributed by atoms with E-state index in [9.17, 15) is 4.79 Å². The third-order valence-corrected chi connectivity index (χ3v) is 3.12. The third kappa shape index (κ3) is 2.31. The van der Waals surface area contributed by atoms with Crippen molar-refractivity contribution in [3.63, 3.8) is 0 Å². The van der Waals surface area contributed by atoms with Gasteiger partial charge in [-0.3, -0.25) is 4.79 Å². The highest BCUT2D eigenvalue weighted by atomic mass is 35.5. The Hall–Kier alpha value is -2.53. The Kier molecular flexibility index (Phi) is 3.04. The fraction of sp³-hybridized carbons (Fsp3) is 0. The summed E-state index contributed by atoms with van der Waals surface area (Å²) in [7, 11) is 0. The van der Waals surface area contributed by atoms with Crippen molar-refractivity contribution < 1.29 is 4.79 Å². The Balaban J connectivity index is 1.91. The van der Waals surface area contributed by atoms with Gasteiger partial charge < -0.3 is 16.0 Å². The first-order valence-corrected chi connectivity index (χ1v) is 6.31. The number of nitrogens with two attached hydrogens (primary N) is 1. The average Bonchev–Trinajstić information content (AvgIpc) is 2.84. The number of aromatic nitrogens is 2. The summed E-state index contributed by atoms with van der Waals surface area (Å²) in [4.78, 5) is 19.0. The maximum Gasteiger partial charge on any atom is 0.272 e. The number of rotatable bonds is 2. The molecule has 0 aliphatic heterocycles. The van der Waals surface area contributed by atoms with Crippen molar-refractivity contribution in [3.8, 4) is 0 Å². The van der Waals surface area contributed by atoms with Gasteiger partial charge in [0.1, 0.15) is 10.8 Å². The number of anilines is 2. The van der Waals surface area contributed by atoms with Crippen LogP contribution in [0.4, 0.5) is 11.4 Å². The third-order valence-electron chi connectivity index (χ3n) is 2.92. The molecule has 0 bridgehead atoms. The van der Waals surface area contributed by atoms with Gasteiger partial charge in [-0.15, -0.1) is 0 Å². The highest BCUT2D eigenvalue weighted by Gasteiger charge is 2.11. The Morgan fingerprint density at radius 1 is 1.30 bits per heavy atom. The van der Waals surface area contributed by atoms with Crippen LogP contribution in [0.25, 0.3) is 10.9 Å². The Morgan fingerprint density at radius 2 is 2.15 bits per heavy atom. The molecule has 0 fully saturated rings. The standard InChI is InChI=1S/C14H11ClN4O/c15-12-7-9(4-5-17-12)18-14(20)11-6-8-2-1-3-10(16)13(8)19-11/h1-7,19H,16H2,(H,17,18,20).